The molecule has 1 N–H and O–H groups in total. The molecule has 1 amide bonds. The summed E-state index contributed by atoms with van der Waals surface area (Å²) in [4.78, 5) is 23.3. The van der Waals surface area contributed by atoms with Gasteiger partial charge in [-0.2, -0.15) is 26.3 Å². The summed E-state index contributed by atoms with van der Waals surface area (Å²) < 4.78 is 77.8. The molecule has 0 aromatic heterocycles. The number of nitroso groups, excluding NO2 is 1. The van der Waals surface area contributed by atoms with Crippen LogP contribution in [0.2, 0.25) is 10.0 Å². The van der Waals surface area contributed by atoms with Gasteiger partial charge in [-0.05, 0) is 54.0 Å². The Bertz CT molecular complexity index is 1030. The molecule has 0 heterocycles. The number of nitrogens with one attached hydrogen (secondary N) is 1. The Morgan fingerprint density at radius 2 is 1.66 bits per heavy atom. The lowest BCUT2D eigenvalue weighted by molar-refractivity contribution is -0.123. The van der Waals surface area contributed by atoms with Crippen LogP contribution in [-0.2, 0) is 0 Å². The van der Waals surface area contributed by atoms with Crippen molar-refractivity contribution in [2.45, 2.75) is 25.3 Å². The first kappa shape index (κ1) is 25.7. The molecule has 0 saturated carbocycles. The van der Waals surface area contributed by atoms with Crippen LogP contribution in [0.25, 0.3) is 5.57 Å². The van der Waals surface area contributed by atoms with Crippen molar-refractivity contribution in [3.05, 3.63) is 79.7 Å². The van der Waals surface area contributed by atoms with Crippen molar-refractivity contribution >= 4 is 34.7 Å². The molecular formula is C20H14Cl2F6N2O2. The number of rotatable bonds is 6. The van der Waals surface area contributed by atoms with E-state index in [1.165, 1.54) is 19.1 Å². The molecule has 0 spiro atoms. The normalized spacial score (nSPS) is 13.6. The van der Waals surface area contributed by atoms with E-state index in [0.717, 1.165) is 24.3 Å². The van der Waals surface area contributed by atoms with Gasteiger partial charge in [-0.25, -0.2) is 0 Å². The number of nitrogens with zero attached hydrogens (tertiary/aromatic N) is 1. The number of hydrogen-bond donors (Lipinski definition) is 1. The zero-order chi connectivity index (χ0) is 24.3. The minimum atomic E-state index is -4.89. The first-order chi connectivity index (χ1) is 14.7. The van der Waals surface area contributed by atoms with Gasteiger partial charge < -0.3 is 5.32 Å². The lowest BCUT2D eigenvalue weighted by Gasteiger charge is -2.16. The number of carbonyl (C=O) groups excluding carboxylic acids is 1. The molecule has 1 unspecified atom stereocenters. The van der Waals surface area contributed by atoms with Gasteiger partial charge in [0.25, 0.3) is 5.91 Å². The Balaban J connectivity index is 2.43. The van der Waals surface area contributed by atoms with Crippen LogP contribution in [-0.4, -0.2) is 24.8 Å². The first-order valence-electron chi connectivity index (χ1n) is 8.74. The summed E-state index contributed by atoms with van der Waals surface area (Å²) in [5.74, 6) is -1.03. The number of allylic oxidation sites excluding steroid dienone is 1. The fraction of sp³-hybridized carbons (Fsp3) is 0.250. The molecule has 2 aromatic carbocycles. The van der Waals surface area contributed by atoms with Crippen LogP contribution in [0.3, 0.4) is 0 Å². The molecule has 1 atom stereocenters. The van der Waals surface area contributed by atoms with Crippen LogP contribution in [0.15, 0.2) is 47.7 Å². The lowest BCUT2D eigenvalue weighted by atomic mass is 9.96. The fourth-order valence-corrected chi connectivity index (χ4v) is 3.34. The minimum absolute atomic E-state index is 0.000235. The van der Waals surface area contributed by atoms with Crippen molar-refractivity contribution in [1.82, 2.24) is 5.32 Å². The Morgan fingerprint density at radius 3 is 2.12 bits per heavy atom. The van der Waals surface area contributed by atoms with E-state index >= 15 is 0 Å². The quantitative estimate of drug-likeness (QED) is 0.342. The number of halogens is 8. The van der Waals surface area contributed by atoms with Gasteiger partial charge in [0, 0.05) is 15.6 Å². The van der Waals surface area contributed by atoms with E-state index in [1.54, 1.807) is 5.32 Å². The molecule has 2 aromatic rings. The van der Waals surface area contributed by atoms with Crippen LogP contribution >= 0.6 is 23.2 Å². The third-order valence-corrected chi connectivity index (χ3v) is 4.64. The Morgan fingerprint density at radius 1 is 1.06 bits per heavy atom. The molecule has 172 valence electrons. The largest absolute Gasteiger partial charge is 0.416 e. The molecule has 0 fully saturated rings. The standard InChI is InChI=1S/C20H14Cl2F6N2O2/c1-10-4-11(2-3-15(10)18(31)29-9-19(23,24)25)17(30-32)8-16(20(26,27)28)12-5-13(21)7-14(22)6-12/h2-8,17H,9H2,1H3,(H,29,31). The highest BCUT2D eigenvalue weighted by molar-refractivity contribution is 6.34. The van der Waals surface area contributed by atoms with E-state index in [4.69, 9.17) is 23.2 Å². The number of alkyl halides is 6. The predicted octanol–water partition coefficient (Wildman–Crippen LogP) is 7.05. The van der Waals surface area contributed by atoms with E-state index in [0.29, 0.717) is 6.08 Å². The number of amides is 1. The summed E-state index contributed by atoms with van der Waals surface area (Å²) in [7, 11) is 0. The molecule has 2 rings (SSSR count). The van der Waals surface area contributed by atoms with Gasteiger partial charge in [-0.1, -0.05) is 40.5 Å². The van der Waals surface area contributed by atoms with Crippen LogP contribution in [0.1, 0.15) is 33.1 Å². The van der Waals surface area contributed by atoms with Crippen LogP contribution in [0.5, 0.6) is 0 Å². The number of benzene rings is 2. The van der Waals surface area contributed by atoms with E-state index in [-0.39, 0.29) is 32.3 Å². The SMILES string of the molecule is Cc1cc(C(C=C(c2cc(Cl)cc(Cl)c2)C(F)(F)F)N=O)ccc1C(=O)NCC(F)(F)F. The first-order valence-corrected chi connectivity index (χ1v) is 9.50. The summed E-state index contributed by atoms with van der Waals surface area (Å²) in [6.45, 7) is -0.190. The Labute approximate surface area is 188 Å². The topological polar surface area (TPSA) is 58.5 Å². The highest BCUT2D eigenvalue weighted by Gasteiger charge is 2.36. The van der Waals surface area contributed by atoms with Crippen LogP contribution < -0.4 is 5.32 Å². The van der Waals surface area contributed by atoms with Crippen molar-refractivity contribution in [3.63, 3.8) is 0 Å². The molecule has 0 bridgehead atoms. The number of carbonyl (C=O) groups is 1. The van der Waals surface area contributed by atoms with Crippen molar-refractivity contribution in [1.29, 1.82) is 0 Å². The smallest absolute Gasteiger partial charge is 0.343 e. The van der Waals surface area contributed by atoms with Gasteiger partial charge >= 0.3 is 12.4 Å². The van der Waals surface area contributed by atoms with E-state index in [1.807, 2.05) is 0 Å². The molecule has 0 radical (unpaired) electrons. The Kier molecular flexibility index (Phi) is 7.95. The van der Waals surface area contributed by atoms with Crippen molar-refractivity contribution in [3.8, 4) is 0 Å². The van der Waals surface area contributed by atoms with Crippen molar-refractivity contribution in [2.24, 2.45) is 5.18 Å². The molecule has 32 heavy (non-hydrogen) atoms. The summed E-state index contributed by atoms with van der Waals surface area (Å²) >= 11 is 11.6. The molecule has 0 aliphatic carbocycles. The second-order valence-electron chi connectivity index (χ2n) is 6.66. The summed E-state index contributed by atoms with van der Waals surface area (Å²) in [5, 5.41) is 4.31. The highest BCUT2D eigenvalue weighted by Crippen LogP contribution is 2.39. The zero-order valence-electron chi connectivity index (χ0n) is 16.1. The highest BCUT2D eigenvalue weighted by atomic mass is 35.5. The maximum atomic E-state index is 13.7. The lowest BCUT2D eigenvalue weighted by Crippen LogP contribution is -2.34. The average molecular weight is 499 g/mol. The maximum Gasteiger partial charge on any atom is 0.416 e. The monoisotopic (exact) mass is 498 g/mol. The molecule has 0 saturated heterocycles. The van der Waals surface area contributed by atoms with Gasteiger partial charge in [0.15, 0.2) is 0 Å². The van der Waals surface area contributed by atoms with Gasteiger partial charge in [-0.15, -0.1) is 4.91 Å². The minimum Gasteiger partial charge on any atom is -0.343 e. The zero-order valence-corrected chi connectivity index (χ0v) is 17.6. The molecule has 0 aliphatic rings. The fourth-order valence-electron chi connectivity index (χ4n) is 2.81. The molecule has 0 aliphatic heterocycles. The summed E-state index contributed by atoms with van der Waals surface area (Å²) in [6, 6.07) is 5.10. The van der Waals surface area contributed by atoms with Gasteiger partial charge in [0.05, 0.1) is 5.57 Å². The Hall–Kier alpha value is -2.59. The summed E-state index contributed by atoms with van der Waals surface area (Å²) in [5.41, 5.74) is -1.59. The van der Waals surface area contributed by atoms with Gasteiger partial charge in [0.1, 0.15) is 12.6 Å². The summed E-state index contributed by atoms with van der Waals surface area (Å²) in [6.07, 6.45) is -8.92. The molecular weight excluding hydrogens is 485 g/mol. The van der Waals surface area contributed by atoms with Crippen LogP contribution in [0.4, 0.5) is 26.3 Å². The second-order valence-corrected chi connectivity index (χ2v) is 7.53. The third-order valence-electron chi connectivity index (χ3n) is 4.20. The molecule has 4 nitrogen and oxygen atoms in total. The van der Waals surface area contributed by atoms with E-state index in [9.17, 15) is 36.0 Å². The number of aryl methyl sites for hydroxylation is 1. The molecule has 12 heteroatoms. The predicted molar refractivity (Wildman–Crippen MR) is 109 cm³/mol. The van der Waals surface area contributed by atoms with E-state index in [2.05, 4.69) is 5.18 Å². The van der Waals surface area contributed by atoms with Crippen LogP contribution in [0, 0.1) is 11.8 Å². The number of hydrogen-bond acceptors (Lipinski definition) is 3. The van der Waals surface area contributed by atoms with Gasteiger partial charge in [-0.3, -0.25) is 4.79 Å². The van der Waals surface area contributed by atoms with Crippen molar-refractivity contribution < 1.29 is 31.1 Å². The van der Waals surface area contributed by atoms with Gasteiger partial charge in [0.2, 0.25) is 0 Å². The average Bonchev–Trinajstić information content (AvgIpc) is 2.64. The third kappa shape index (κ3) is 6.96. The maximum absolute atomic E-state index is 13.7. The van der Waals surface area contributed by atoms with Crippen molar-refractivity contribution in [2.75, 3.05) is 6.54 Å². The second kappa shape index (κ2) is 9.91. The van der Waals surface area contributed by atoms with E-state index < -0.39 is 36.4 Å².